The van der Waals surface area contributed by atoms with Gasteiger partial charge in [0.1, 0.15) is 0 Å². The summed E-state index contributed by atoms with van der Waals surface area (Å²) in [5.74, 6) is 0.675. The molecule has 32 heavy (non-hydrogen) atoms. The van der Waals surface area contributed by atoms with Crippen molar-refractivity contribution in [2.24, 2.45) is 5.92 Å². The van der Waals surface area contributed by atoms with Crippen molar-refractivity contribution in [3.63, 3.8) is 0 Å². The second-order valence-corrected chi connectivity index (χ2v) is 10.3. The molecule has 0 rings (SSSR count). The highest BCUT2D eigenvalue weighted by Gasteiger charge is 1.96. The molecular formula is C32H54. The third-order valence-corrected chi connectivity index (χ3v) is 6.22. The van der Waals surface area contributed by atoms with Crippen LogP contribution in [-0.2, 0) is 0 Å². The van der Waals surface area contributed by atoms with E-state index in [0.717, 1.165) is 0 Å². The lowest BCUT2D eigenvalue weighted by molar-refractivity contribution is 0.758. The van der Waals surface area contributed by atoms with Crippen LogP contribution in [-0.4, -0.2) is 0 Å². The number of hydrogen-bond acceptors (Lipinski definition) is 0. The zero-order chi connectivity index (χ0) is 24.4. The van der Waals surface area contributed by atoms with Gasteiger partial charge in [0.05, 0.1) is 0 Å². The van der Waals surface area contributed by atoms with Crippen LogP contribution in [0.2, 0.25) is 0 Å². The second kappa shape index (κ2) is 19.0. The number of unbranched alkanes of at least 4 members (excludes halogenated alkanes) is 1. The Morgan fingerprint density at radius 2 is 0.750 bits per heavy atom. The van der Waals surface area contributed by atoms with Gasteiger partial charge < -0.3 is 0 Å². The van der Waals surface area contributed by atoms with Gasteiger partial charge in [0.2, 0.25) is 0 Å². The van der Waals surface area contributed by atoms with E-state index in [4.69, 9.17) is 0 Å². The fourth-order valence-electron chi connectivity index (χ4n) is 3.51. The molecule has 182 valence electrons. The highest BCUT2D eigenvalue weighted by atomic mass is 14.0. The van der Waals surface area contributed by atoms with Crippen molar-refractivity contribution < 1.29 is 0 Å². The lowest BCUT2D eigenvalue weighted by Crippen LogP contribution is -1.88. The van der Waals surface area contributed by atoms with E-state index in [2.05, 4.69) is 98.8 Å². The minimum Gasteiger partial charge on any atom is -0.0856 e. The predicted molar refractivity (Wildman–Crippen MR) is 149 cm³/mol. The first-order chi connectivity index (χ1) is 15.1. The lowest BCUT2D eigenvalue weighted by Gasteiger charge is -2.05. The van der Waals surface area contributed by atoms with Gasteiger partial charge in [-0.15, -0.1) is 0 Å². The van der Waals surface area contributed by atoms with Crippen LogP contribution >= 0.6 is 0 Å². The van der Waals surface area contributed by atoms with Crippen LogP contribution in [0.4, 0.5) is 0 Å². The van der Waals surface area contributed by atoms with Crippen molar-refractivity contribution in [2.75, 3.05) is 0 Å². The van der Waals surface area contributed by atoms with Crippen molar-refractivity contribution in [1.82, 2.24) is 0 Å². The van der Waals surface area contributed by atoms with E-state index in [-0.39, 0.29) is 0 Å². The zero-order valence-corrected chi connectivity index (χ0v) is 23.1. The van der Waals surface area contributed by atoms with Crippen LogP contribution in [0.25, 0.3) is 0 Å². The molecule has 0 fully saturated rings. The third-order valence-electron chi connectivity index (χ3n) is 6.22. The molecule has 0 aromatic carbocycles. The maximum Gasteiger partial charge on any atom is -0.0263 e. The summed E-state index contributed by atoms with van der Waals surface area (Å²) < 4.78 is 0. The molecule has 0 aromatic heterocycles. The Bertz CT molecular complexity index is 682. The summed E-state index contributed by atoms with van der Waals surface area (Å²) >= 11 is 0. The van der Waals surface area contributed by atoms with Crippen LogP contribution in [0.15, 0.2) is 69.9 Å². The minimum atomic E-state index is 0.675. The second-order valence-electron chi connectivity index (χ2n) is 10.3. The number of allylic oxidation sites excluding steroid dienone is 12. The van der Waals surface area contributed by atoms with Crippen LogP contribution in [0.1, 0.15) is 127 Å². The first-order valence-corrected chi connectivity index (χ1v) is 13.0. The molecule has 0 saturated heterocycles. The molecule has 0 heterocycles. The summed E-state index contributed by atoms with van der Waals surface area (Å²) in [6.07, 6.45) is 26.3. The number of rotatable bonds is 16. The van der Waals surface area contributed by atoms with Gasteiger partial charge in [0, 0.05) is 0 Å². The Hall–Kier alpha value is -1.56. The van der Waals surface area contributed by atoms with Gasteiger partial charge in [0.15, 0.2) is 0 Å². The van der Waals surface area contributed by atoms with Crippen LogP contribution in [0.3, 0.4) is 0 Å². The molecule has 0 heteroatoms. The van der Waals surface area contributed by atoms with Gasteiger partial charge in [-0.3, -0.25) is 0 Å². The van der Waals surface area contributed by atoms with Crippen molar-refractivity contribution in [3.05, 3.63) is 69.9 Å². The van der Waals surface area contributed by atoms with Crippen molar-refractivity contribution >= 4 is 0 Å². The number of hydrogen-bond donors (Lipinski definition) is 0. The lowest BCUT2D eigenvalue weighted by atomic mass is 10.0. The van der Waals surface area contributed by atoms with Gasteiger partial charge in [-0.1, -0.05) is 83.7 Å². The van der Waals surface area contributed by atoms with Crippen molar-refractivity contribution in [1.29, 1.82) is 0 Å². The average molecular weight is 439 g/mol. The van der Waals surface area contributed by atoms with E-state index in [0.29, 0.717) is 5.92 Å². The Labute approximate surface area is 202 Å². The quantitative estimate of drug-likeness (QED) is 0.166. The largest absolute Gasteiger partial charge is 0.0856 e. The molecule has 0 aromatic rings. The molecule has 0 aliphatic heterocycles. The molecule has 0 spiro atoms. The maximum atomic E-state index is 2.44. The summed E-state index contributed by atoms with van der Waals surface area (Å²) in [5.41, 5.74) is 9.07. The highest BCUT2D eigenvalue weighted by molar-refractivity contribution is 5.08. The molecule has 0 saturated carbocycles. The van der Waals surface area contributed by atoms with Gasteiger partial charge in [-0.25, -0.2) is 0 Å². The minimum absolute atomic E-state index is 0.675. The summed E-state index contributed by atoms with van der Waals surface area (Å²) in [4.78, 5) is 0. The van der Waals surface area contributed by atoms with E-state index in [1.54, 1.807) is 0 Å². The van der Waals surface area contributed by atoms with Gasteiger partial charge in [0.25, 0.3) is 0 Å². The third kappa shape index (κ3) is 19.1. The normalized spacial score (nSPS) is 14.4. The Balaban J connectivity index is 4.10. The Morgan fingerprint density at radius 1 is 0.438 bits per heavy atom. The molecule has 0 bridgehead atoms. The monoisotopic (exact) mass is 438 g/mol. The van der Waals surface area contributed by atoms with Crippen LogP contribution in [0.5, 0.6) is 0 Å². The highest BCUT2D eigenvalue weighted by Crippen LogP contribution is 2.15. The molecular weight excluding hydrogens is 384 g/mol. The molecule has 0 aliphatic carbocycles. The van der Waals surface area contributed by atoms with E-state index < -0.39 is 0 Å². The molecule has 0 amide bonds. The molecule has 0 atom stereocenters. The molecule has 0 N–H and O–H groups in total. The van der Waals surface area contributed by atoms with Crippen LogP contribution in [0, 0.1) is 5.92 Å². The summed E-state index contributed by atoms with van der Waals surface area (Å²) in [5, 5.41) is 0. The molecule has 0 radical (unpaired) electrons. The smallest absolute Gasteiger partial charge is 0.0263 e. The summed E-state index contributed by atoms with van der Waals surface area (Å²) in [7, 11) is 0. The Kier molecular flexibility index (Phi) is 18.0. The van der Waals surface area contributed by atoms with Crippen molar-refractivity contribution in [2.45, 2.75) is 127 Å². The predicted octanol–water partition coefficient (Wildman–Crippen LogP) is 11.2. The summed E-state index contributed by atoms with van der Waals surface area (Å²) in [6, 6.07) is 0. The van der Waals surface area contributed by atoms with Gasteiger partial charge in [-0.05, 0) is 119 Å². The van der Waals surface area contributed by atoms with Crippen LogP contribution < -0.4 is 0 Å². The van der Waals surface area contributed by atoms with Gasteiger partial charge >= 0.3 is 0 Å². The zero-order valence-electron chi connectivity index (χ0n) is 23.1. The van der Waals surface area contributed by atoms with Crippen molar-refractivity contribution in [3.8, 4) is 0 Å². The fourth-order valence-corrected chi connectivity index (χ4v) is 3.51. The van der Waals surface area contributed by atoms with E-state index in [9.17, 15) is 0 Å². The molecule has 0 nitrogen and oxygen atoms in total. The first kappa shape index (κ1) is 30.4. The van der Waals surface area contributed by atoms with E-state index >= 15 is 0 Å². The molecule has 0 unspecified atom stereocenters. The topological polar surface area (TPSA) is 0 Å². The Morgan fingerprint density at radius 3 is 1.09 bits per heavy atom. The first-order valence-electron chi connectivity index (χ1n) is 13.0. The van der Waals surface area contributed by atoms with E-state index in [1.807, 2.05) is 0 Å². The summed E-state index contributed by atoms with van der Waals surface area (Å²) in [6.45, 7) is 20.3. The maximum absolute atomic E-state index is 2.44. The van der Waals surface area contributed by atoms with Gasteiger partial charge in [-0.2, -0.15) is 0 Å². The standard InChI is InChI=1S/C32H54/c1-26(2)16-12-19-30(7)22-13-20-28(5)17-10-11-18-29(6)21-14-23-31(8)24-15-25-32(9)27(3)4/h16-18,22-23,25,27H,10-15,19-21,24H2,1-9H3/b28-17+,29-18+,30-22+,31-23+,32-25?. The fraction of sp³-hybridized carbons (Fsp3) is 0.625. The average Bonchev–Trinajstić information content (AvgIpc) is 2.70. The molecule has 0 aliphatic rings. The van der Waals surface area contributed by atoms with E-state index in [1.165, 1.54) is 97.6 Å². The SMILES string of the molecule is CC(C)=CCC/C(C)=C/CC/C(C)=C/CC/C=C(\C)CC/C=C(\C)CCC=C(C)C(C)C.